The Bertz CT molecular complexity index is 221. The second-order valence-corrected chi connectivity index (χ2v) is 2.89. The van der Waals surface area contributed by atoms with E-state index in [2.05, 4.69) is 6.58 Å². The molecule has 46 valence electrons. The molecule has 0 fully saturated rings. The van der Waals surface area contributed by atoms with Crippen molar-refractivity contribution >= 4 is 21.7 Å². The lowest BCUT2D eigenvalue weighted by atomic mass is 11.0. The van der Waals surface area contributed by atoms with Gasteiger partial charge in [0.15, 0.2) is 0 Å². The van der Waals surface area contributed by atoms with Crippen LogP contribution >= 0.6 is 11.6 Å². The van der Waals surface area contributed by atoms with Crippen LogP contribution < -0.4 is 0 Å². The molecule has 0 radical (unpaired) electrons. The molecular weight excluding hydrogens is 152 g/mol. The first kappa shape index (κ1) is 7.72. The number of hydrogen-bond donors (Lipinski definition) is 1. The predicted octanol–water partition coefficient (Wildman–Crippen LogP) is 0.739. The van der Waals surface area contributed by atoms with E-state index in [9.17, 15) is 8.42 Å². The molecule has 3 nitrogen and oxygen atoms in total. The average Bonchev–Trinajstić information content (AvgIpc) is 1.62. The molecule has 0 unspecified atom stereocenters. The van der Waals surface area contributed by atoms with E-state index in [0.29, 0.717) is 0 Å². The van der Waals surface area contributed by atoms with Crippen molar-refractivity contribution in [2.24, 2.45) is 0 Å². The fraction of sp³-hybridized carbons (Fsp3) is 0. The van der Waals surface area contributed by atoms with Crippen LogP contribution in [0.1, 0.15) is 0 Å². The third kappa shape index (κ3) is 2.14. The Morgan fingerprint density at radius 1 is 1.75 bits per heavy atom. The summed E-state index contributed by atoms with van der Waals surface area (Å²) in [6.45, 7) is 2.89. The summed E-state index contributed by atoms with van der Waals surface area (Å²) in [7, 11) is -4.24. The smallest absolute Gasteiger partial charge is 0.281 e. The Morgan fingerprint density at radius 3 is 2.12 bits per heavy atom. The average molecular weight is 155 g/mol. The zero-order chi connectivity index (χ0) is 6.78. The summed E-state index contributed by atoms with van der Waals surface area (Å²) >= 11 is 4.85. The summed E-state index contributed by atoms with van der Waals surface area (Å²) in [5.41, 5.74) is 1.80. The Kier molecular flexibility index (Phi) is 2.25. The maximum absolute atomic E-state index is 9.85. The van der Waals surface area contributed by atoms with E-state index in [4.69, 9.17) is 16.2 Å². The third-order valence-electron chi connectivity index (χ3n) is 0.365. The molecule has 0 saturated heterocycles. The van der Waals surface area contributed by atoms with Crippen molar-refractivity contribution in [1.29, 1.82) is 0 Å². The fourth-order valence-electron chi connectivity index (χ4n) is 0.0912. The molecule has 0 aliphatic rings. The Balaban J connectivity index is 4.83. The molecule has 0 saturated carbocycles. The molecule has 0 aromatic heterocycles. The predicted molar refractivity (Wildman–Crippen MR) is 30.1 cm³/mol. The molecule has 5 heteroatoms. The SMILES string of the molecule is C=C=C(Cl)S(=O)(=O)O. The first-order valence-corrected chi connectivity index (χ1v) is 3.33. The van der Waals surface area contributed by atoms with Gasteiger partial charge in [-0.25, -0.2) is 0 Å². The molecule has 0 heterocycles. The van der Waals surface area contributed by atoms with Gasteiger partial charge in [0.2, 0.25) is 4.36 Å². The van der Waals surface area contributed by atoms with Crippen molar-refractivity contribution in [3.05, 3.63) is 16.7 Å². The molecule has 0 amide bonds. The first-order valence-electron chi connectivity index (χ1n) is 1.51. The standard InChI is InChI=1S/C3H3ClO3S/c1-2-3(4)8(5,6)7/h1H2,(H,5,6,7). The van der Waals surface area contributed by atoms with Crippen LogP contribution in [0.4, 0.5) is 0 Å². The molecule has 8 heavy (non-hydrogen) atoms. The molecule has 0 spiro atoms. The van der Waals surface area contributed by atoms with E-state index in [1.54, 1.807) is 5.73 Å². The molecule has 0 aliphatic heterocycles. The van der Waals surface area contributed by atoms with Gasteiger partial charge in [-0.05, 0) is 0 Å². The van der Waals surface area contributed by atoms with Crippen molar-refractivity contribution in [1.82, 2.24) is 0 Å². The molecule has 1 N–H and O–H groups in total. The van der Waals surface area contributed by atoms with Crippen LogP contribution in [0.15, 0.2) is 16.7 Å². The Morgan fingerprint density at radius 2 is 2.12 bits per heavy atom. The van der Waals surface area contributed by atoms with Gasteiger partial charge in [-0.15, -0.1) is 0 Å². The summed E-state index contributed by atoms with van der Waals surface area (Å²) < 4.78 is 26.9. The number of rotatable bonds is 1. The van der Waals surface area contributed by atoms with Gasteiger partial charge in [0.05, 0.1) is 0 Å². The molecule has 0 atom stereocenters. The van der Waals surface area contributed by atoms with Crippen LogP contribution in [-0.4, -0.2) is 13.0 Å². The molecule has 0 rings (SSSR count). The molecule has 0 aromatic rings. The highest BCUT2D eigenvalue weighted by Crippen LogP contribution is 2.04. The van der Waals surface area contributed by atoms with Crippen LogP contribution in [0.3, 0.4) is 0 Å². The van der Waals surface area contributed by atoms with Crippen LogP contribution in [0.25, 0.3) is 0 Å². The van der Waals surface area contributed by atoms with Gasteiger partial charge < -0.3 is 0 Å². The monoisotopic (exact) mass is 154 g/mol. The van der Waals surface area contributed by atoms with E-state index >= 15 is 0 Å². The highest BCUT2D eigenvalue weighted by Gasteiger charge is 2.07. The zero-order valence-corrected chi connectivity index (χ0v) is 5.33. The topological polar surface area (TPSA) is 54.4 Å². The minimum absolute atomic E-state index is 0.780. The van der Waals surface area contributed by atoms with Crippen molar-refractivity contribution < 1.29 is 13.0 Å². The molecule has 0 aliphatic carbocycles. The van der Waals surface area contributed by atoms with Crippen LogP contribution in [0.2, 0.25) is 0 Å². The van der Waals surface area contributed by atoms with Crippen LogP contribution in [0, 0.1) is 0 Å². The summed E-state index contributed by atoms with van der Waals surface area (Å²) in [5, 5.41) is 0. The second kappa shape index (κ2) is 2.33. The highest BCUT2D eigenvalue weighted by atomic mass is 35.5. The maximum atomic E-state index is 9.85. The number of halogens is 1. The Hall–Kier alpha value is -0.280. The summed E-state index contributed by atoms with van der Waals surface area (Å²) in [6, 6.07) is 0. The highest BCUT2D eigenvalue weighted by molar-refractivity contribution is 7.91. The van der Waals surface area contributed by atoms with Crippen molar-refractivity contribution in [2.75, 3.05) is 0 Å². The van der Waals surface area contributed by atoms with Crippen molar-refractivity contribution in [2.45, 2.75) is 0 Å². The fourth-order valence-corrected chi connectivity index (χ4v) is 0.274. The lowest BCUT2D eigenvalue weighted by molar-refractivity contribution is 0.493. The van der Waals surface area contributed by atoms with Gasteiger partial charge in [0.25, 0.3) is 0 Å². The molecule has 0 aromatic carbocycles. The summed E-state index contributed by atoms with van der Waals surface area (Å²) in [6.07, 6.45) is 0. The summed E-state index contributed by atoms with van der Waals surface area (Å²) in [4.78, 5) is 0. The number of hydrogen-bond acceptors (Lipinski definition) is 2. The van der Waals surface area contributed by atoms with E-state index in [0.717, 1.165) is 0 Å². The maximum Gasteiger partial charge on any atom is 0.313 e. The second-order valence-electron chi connectivity index (χ2n) is 0.926. The summed E-state index contributed by atoms with van der Waals surface area (Å²) in [5.74, 6) is 0. The van der Waals surface area contributed by atoms with Crippen LogP contribution in [-0.2, 0) is 10.1 Å². The van der Waals surface area contributed by atoms with E-state index < -0.39 is 14.5 Å². The minimum atomic E-state index is -4.24. The lowest BCUT2D eigenvalue weighted by Gasteiger charge is -1.83. The van der Waals surface area contributed by atoms with Crippen molar-refractivity contribution in [3.63, 3.8) is 0 Å². The van der Waals surface area contributed by atoms with E-state index in [1.165, 1.54) is 0 Å². The lowest BCUT2D eigenvalue weighted by Crippen LogP contribution is -1.93. The molecular formula is C3H3ClO3S. The van der Waals surface area contributed by atoms with E-state index in [1.807, 2.05) is 0 Å². The van der Waals surface area contributed by atoms with Gasteiger partial charge in [-0.3, -0.25) is 4.55 Å². The van der Waals surface area contributed by atoms with E-state index in [-0.39, 0.29) is 0 Å². The van der Waals surface area contributed by atoms with Gasteiger partial charge in [0.1, 0.15) is 0 Å². The normalized spacial score (nSPS) is 10.2. The van der Waals surface area contributed by atoms with Gasteiger partial charge in [-0.2, -0.15) is 8.42 Å². The van der Waals surface area contributed by atoms with Gasteiger partial charge in [-0.1, -0.05) is 23.9 Å². The largest absolute Gasteiger partial charge is 0.313 e. The third-order valence-corrected chi connectivity index (χ3v) is 1.68. The minimum Gasteiger partial charge on any atom is -0.281 e. The Labute approximate surface area is 52.0 Å². The van der Waals surface area contributed by atoms with Crippen molar-refractivity contribution in [3.8, 4) is 0 Å². The van der Waals surface area contributed by atoms with Gasteiger partial charge >= 0.3 is 10.1 Å². The molecule has 0 bridgehead atoms. The zero-order valence-electron chi connectivity index (χ0n) is 3.76. The quantitative estimate of drug-likeness (QED) is 0.448. The van der Waals surface area contributed by atoms with Gasteiger partial charge in [0, 0.05) is 0 Å². The first-order chi connectivity index (χ1) is 3.48. The van der Waals surface area contributed by atoms with Crippen LogP contribution in [0.5, 0.6) is 0 Å².